The second kappa shape index (κ2) is 56.2. The first-order valence-corrected chi connectivity index (χ1v) is 29.8. The second-order valence-electron chi connectivity index (χ2n) is 20.5. The standard InChI is InChI=1S/C61H117NO4/c1-3-5-7-9-11-13-15-17-19-20-21-22-23-24-25-26-27-28-29-30-31-32-33-34-35-36-37-38-39-40-42-44-46-48-50-52-54-56-60(65)62-58(57-63)61(66)59(64)55-53-51-49-47-45-43-41-18-16-14-12-10-8-6-4-2/h25-26,28-29,47,49,58-59,61,63-64,66H,3-24,27,30-46,48,50-57H2,1-2H3,(H,62,65)/b26-25-,29-28-,49-47+. The third kappa shape index (κ3) is 50.4. The van der Waals surface area contributed by atoms with Gasteiger partial charge in [0.2, 0.25) is 5.91 Å². The van der Waals surface area contributed by atoms with Crippen molar-refractivity contribution in [3.05, 3.63) is 36.5 Å². The lowest BCUT2D eigenvalue weighted by molar-refractivity contribution is -0.124. The SMILES string of the molecule is CCCCCCCCCCCC/C=C/CCCC(O)C(O)C(CO)NC(=O)CCCCCCCCCCCCCCCCCCC/C=C\C/C=C\CCCCCCCCCCCCCCC. The number of carbonyl (C=O) groups is 1. The Morgan fingerprint density at radius 3 is 0.970 bits per heavy atom. The first kappa shape index (κ1) is 64.6. The normalized spacial score (nSPS) is 13.5. The van der Waals surface area contributed by atoms with Crippen molar-refractivity contribution in [2.45, 2.75) is 340 Å². The number of aliphatic hydroxyl groups excluding tert-OH is 3. The molecule has 0 bridgehead atoms. The summed E-state index contributed by atoms with van der Waals surface area (Å²) in [5, 5.41) is 33.7. The van der Waals surface area contributed by atoms with Crippen LogP contribution in [0.4, 0.5) is 0 Å². The average molecular weight is 929 g/mol. The van der Waals surface area contributed by atoms with Crippen molar-refractivity contribution in [3.8, 4) is 0 Å². The Morgan fingerprint density at radius 1 is 0.379 bits per heavy atom. The first-order valence-electron chi connectivity index (χ1n) is 29.8. The summed E-state index contributed by atoms with van der Waals surface area (Å²) in [5.74, 6) is -0.151. The fourth-order valence-electron chi connectivity index (χ4n) is 9.37. The number of amides is 1. The monoisotopic (exact) mass is 928 g/mol. The smallest absolute Gasteiger partial charge is 0.220 e. The van der Waals surface area contributed by atoms with Crippen LogP contribution in [-0.4, -0.2) is 46.1 Å². The largest absolute Gasteiger partial charge is 0.394 e. The van der Waals surface area contributed by atoms with E-state index < -0.39 is 18.2 Å². The molecule has 0 radical (unpaired) electrons. The van der Waals surface area contributed by atoms with E-state index in [0.29, 0.717) is 12.8 Å². The summed E-state index contributed by atoms with van der Waals surface area (Å²) in [6, 6.07) is -0.825. The summed E-state index contributed by atoms with van der Waals surface area (Å²) in [4.78, 5) is 12.5. The Hall–Kier alpha value is -1.43. The second-order valence-corrected chi connectivity index (χ2v) is 20.5. The lowest BCUT2D eigenvalue weighted by atomic mass is 10.0. The predicted octanol–water partition coefficient (Wildman–Crippen LogP) is 18.6. The average Bonchev–Trinajstić information content (AvgIpc) is 3.32. The van der Waals surface area contributed by atoms with Gasteiger partial charge in [0.15, 0.2) is 0 Å². The van der Waals surface area contributed by atoms with E-state index in [0.717, 1.165) is 44.9 Å². The third-order valence-electron chi connectivity index (χ3n) is 14.0. The Bertz CT molecular complexity index is 1020. The molecule has 0 rings (SSSR count). The number of carbonyl (C=O) groups excluding carboxylic acids is 1. The summed E-state index contributed by atoms with van der Waals surface area (Å²) >= 11 is 0. The predicted molar refractivity (Wildman–Crippen MR) is 291 cm³/mol. The van der Waals surface area contributed by atoms with Crippen LogP contribution in [0.25, 0.3) is 0 Å². The van der Waals surface area contributed by atoms with Gasteiger partial charge in [-0.2, -0.15) is 0 Å². The van der Waals surface area contributed by atoms with Crippen LogP contribution >= 0.6 is 0 Å². The van der Waals surface area contributed by atoms with Crippen molar-refractivity contribution in [1.82, 2.24) is 5.32 Å². The molecule has 0 aromatic carbocycles. The first-order chi connectivity index (χ1) is 32.6. The van der Waals surface area contributed by atoms with Gasteiger partial charge in [-0.05, 0) is 70.6 Å². The van der Waals surface area contributed by atoms with E-state index in [-0.39, 0.29) is 12.5 Å². The van der Waals surface area contributed by atoms with E-state index in [4.69, 9.17) is 0 Å². The van der Waals surface area contributed by atoms with Gasteiger partial charge in [0.25, 0.3) is 0 Å². The molecule has 4 N–H and O–H groups in total. The minimum atomic E-state index is -1.16. The zero-order chi connectivity index (χ0) is 47.9. The van der Waals surface area contributed by atoms with Crippen LogP contribution < -0.4 is 5.32 Å². The lowest BCUT2D eigenvalue weighted by Crippen LogP contribution is -2.50. The molecule has 0 aromatic heterocycles. The molecule has 0 aromatic rings. The topological polar surface area (TPSA) is 89.8 Å². The van der Waals surface area contributed by atoms with E-state index in [2.05, 4.69) is 55.6 Å². The minimum absolute atomic E-state index is 0.151. The van der Waals surface area contributed by atoms with Crippen LogP contribution in [0.5, 0.6) is 0 Å². The summed E-state index contributed by atoms with van der Waals surface area (Å²) in [6.45, 7) is 4.19. The van der Waals surface area contributed by atoms with Crippen molar-refractivity contribution in [2.24, 2.45) is 0 Å². The van der Waals surface area contributed by atoms with Gasteiger partial charge >= 0.3 is 0 Å². The number of hydrogen-bond acceptors (Lipinski definition) is 4. The van der Waals surface area contributed by atoms with Crippen LogP contribution in [0.1, 0.15) is 322 Å². The van der Waals surface area contributed by atoms with E-state index in [1.54, 1.807) is 0 Å². The van der Waals surface area contributed by atoms with Gasteiger partial charge < -0.3 is 20.6 Å². The number of hydrogen-bond donors (Lipinski definition) is 4. The van der Waals surface area contributed by atoms with E-state index >= 15 is 0 Å². The van der Waals surface area contributed by atoms with E-state index in [1.807, 2.05) is 0 Å². The van der Waals surface area contributed by atoms with Crippen LogP contribution in [0.3, 0.4) is 0 Å². The lowest BCUT2D eigenvalue weighted by Gasteiger charge is -2.26. The molecule has 0 saturated heterocycles. The molecule has 0 aliphatic heterocycles. The minimum Gasteiger partial charge on any atom is -0.394 e. The zero-order valence-electron chi connectivity index (χ0n) is 44.6. The molecular formula is C61H117NO4. The molecule has 3 unspecified atom stereocenters. The van der Waals surface area contributed by atoms with Gasteiger partial charge in [-0.1, -0.05) is 281 Å². The van der Waals surface area contributed by atoms with Crippen LogP contribution in [0, 0.1) is 0 Å². The van der Waals surface area contributed by atoms with Gasteiger partial charge in [-0.15, -0.1) is 0 Å². The molecule has 1 amide bonds. The highest BCUT2D eigenvalue weighted by molar-refractivity contribution is 5.76. The Kier molecular flexibility index (Phi) is 54.9. The summed E-state index contributed by atoms with van der Waals surface area (Å²) < 4.78 is 0. The van der Waals surface area contributed by atoms with Gasteiger partial charge in [0.1, 0.15) is 6.10 Å². The van der Waals surface area contributed by atoms with Crippen molar-refractivity contribution in [3.63, 3.8) is 0 Å². The molecule has 0 aliphatic rings. The van der Waals surface area contributed by atoms with Gasteiger partial charge in [-0.3, -0.25) is 4.79 Å². The fraction of sp³-hybridized carbons (Fsp3) is 0.885. The fourth-order valence-corrected chi connectivity index (χ4v) is 9.37. The van der Waals surface area contributed by atoms with Crippen LogP contribution in [0.15, 0.2) is 36.5 Å². The van der Waals surface area contributed by atoms with E-state index in [9.17, 15) is 20.1 Å². The highest BCUT2D eigenvalue weighted by Crippen LogP contribution is 2.17. The molecule has 0 heterocycles. The molecule has 5 nitrogen and oxygen atoms in total. The van der Waals surface area contributed by atoms with Crippen LogP contribution in [0.2, 0.25) is 0 Å². The molecule has 390 valence electrons. The quantitative estimate of drug-likeness (QED) is 0.0361. The molecular weight excluding hydrogens is 811 g/mol. The van der Waals surface area contributed by atoms with Crippen molar-refractivity contribution < 1.29 is 20.1 Å². The van der Waals surface area contributed by atoms with Crippen molar-refractivity contribution in [1.29, 1.82) is 0 Å². The van der Waals surface area contributed by atoms with Gasteiger partial charge in [0.05, 0.1) is 18.8 Å². The maximum absolute atomic E-state index is 12.5. The number of nitrogens with one attached hydrogen (secondary N) is 1. The Morgan fingerprint density at radius 2 is 0.652 bits per heavy atom. The highest BCUT2D eigenvalue weighted by Gasteiger charge is 2.26. The molecule has 66 heavy (non-hydrogen) atoms. The Labute approximate surface area is 413 Å². The summed E-state index contributed by atoms with van der Waals surface area (Å²) in [7, 11) is 0. The molecule has 0 saturated carbocycles. The van der Waals surface area contributed by atoms with Gasteiger partial charge in [-0.25, -0.2) is 0 Å². The third-order valence-corrected chi connectivity index (χ3v) is 14.0. The van der Waals surface area contributed by atoms with Crippen molar-refractivity contribution in [2.75, 3.05) is 6.61 Å². The molecule has 5 heteroatoms. The number of allylic oxidation sites excluding steroid dienone is 6. The number of aliphatic hydroxyl groups is 3. The number of rotatable bonds is 55. The maximum atomic E-state index is 12.5. The molecule has 0 fully saturated rings. The Balaban J connectivity index is 3.48. The zero-order valence-corrected chi connectivity index (χ0v) is 44.6. The van der Waals surface area contributed by atoms with Crippen molar-refractivity contribution >= 4 is 5.91 Å². The summed E-state index contributed by atoms with van der Waals surface area (Å²) in [6.07, 6.45) is 73.3. The van der Waals surface area contributed by atoms with Gasteiger partial charge in [0, 0.05) is 6.42 Å². The van der Waals surface area contributed by atoms with E-state index in [1.165, 1.54) is 250 Å². The molecule has 0 spiro atoms. The number of unbranched alkanes of at least 4 members (excludes halogenated alkanes) is 41. The molecule has 0 aliphatic carbocycles. The van der Waals surface area contributed by atoms with Crippen LogP contribution in [-0.2, 0) is 4.79 Å². The maximum Gasteiger partial charge on any atom is 0.220 e. The highest BCUT2D eigenvalue weighted by atomic mass is 16.3. The summed E-state index contributed by atoms with van der Waals surface area (Å²) in [5.41, 5.74) is 0. The molecule has 3 atom stereocenters.